The minimum Gasteiger partial charge on any atom is -0.438 e. The Bertz CT molecular complexity index is 638. The molecule has 0 bridgehead atoms. The molecule has 0 aliphatic rings. The van der Waals surface area contributed by atoms with Crippen LogP contribution in [0.3, 0.4) is 0 Å². The van der Waals surface area contributed by atoms with Crippen LogP contribution in [-0.4, -0.2) is 9.97 Å². The number of hydrogen-bond donors (Lipinski definition) is 1. The van der Waals surface area contributed by atoms with Crippen molar-refractivity contribution < 1.29 is 4.74 Å². The van der Waals surface area contributed by atoms with E-state index < -0.39 is 0 Å². The third-order valence-electron chi connectivity index (χ3n) is 2.82. The van der Waals surface area contributed by atoms with Crippen molar-refractivity contribution in [1.29, 1.82) is 0 Å². The summed E-state index contributed by atoms with van der Waals surface area (Å²) in [4.78, 5) is 4.66. The smallest absolute Gasteiger partial charge is 0.229 e. The van der Waals surface area contributed by atoms with Crippen LogP contribution in [0.15, 0.2) is 30.3 Å². The summed E-state index contributed by atoms with van der Waals surface area (Å²) in [6, 6.07) is 9.74. The van der Waals surface area contributed by atoms with Crippen molar-refractivity contribution in [1.82, 2.24) is 4.98 Å². The average molecular weight is 272 g/mol. The summed E-state index contributed by atoms with van der Waals surface area (Å²) in [6.45, 7) is 5.91. The first-order valence-electron chi connectivity index (χ1n) is 6.00. The maximum absolute atomic E-state index is 5.88. The van der Waals surface area contributed by atoms with Crippen molar-refractivity contribution in [3.63, 3.8) is 0 Å². The van der Waals surface area contributed by atoms with Gasteiger partial charge < -0.3 is 10.5 Å². The highest BCUT2D eigenvalue weighted by atomic mass is 32.1. The molecule has 3 nitrogen and oxygen atoms in total. The van der Waals surface area contributed by atoms with Gasteiger partial charge in [-0.05, 0) is 50.1 Å². The highest BCUT2D eigenvalue weighted by molar-refractivity contribution is 7.80. The van der Waals surface area contributed by atoms with Crippen LogP contribution >= 0.6 is 12.2 Å². The Labute approximate surface area is 118 Å². The van der Waals surface area contributed by atoms with Crippen LogP contribution in [0.5, 0.6) is 11.6 Å². The molecule has 1 aromatic carbocycles. The molecule has 2 aromatic rings. The van der Waals surface area contributed by atoms with E-state index in [4.69, 9.17) is 22.7 Å². The number of ether oxygens (including phenoxy) is 1. The lowest BCUT2D eigenvalue weighted by Crippen LogP contribution is -2.12. The van der Waals surface area contributed by atoms with Crippen LogP contribution < -0.4 is 10.5 Å². The number of thiocarbonyl (C=S) groups is 1. The lowest BCUT2D eigenvalue weighted by molar-refractivity contribution is 0.457. The predicted molar refractivity (Wildman–Crippen MR) is 80.9 cm³/mol. The molecule has 0 aliphatic carbocycles. The molecular formula is C15H16N2OS. The highest BCUT2D eigenvalue weighted by Crippen LogP contribution is 2.27. The second-order valence-corrected chi connectivity index (χ2v) is 4.98. The molecule has 0 fully saturated rings. The maximum atomic E-state index is 5.88. The van der Waals surface area contributed by atoms with E-state index in [1.54, 1.807) is 0 Å². The van der Waals surface area contributed by atoms with Gasteiger partial charge in [0.25, 0.3) is 0 Å². The maximum Gasteiger partial charge on any atom is 0.229 e. The van der Waals surface area contributed by atoms with Crippen LogP contribution in [0.25, 0.3) is 0 Å². The van der Waals surface area contributed by atoms with Gasteiger partial charge in [-0.1, -0.05) is 24.4 Å². The molecule has 98 valence electrons. The van der Waals surface area contributed by atoms with Crippen molar-refractivity contribution >= 4 is 17.2 Å². The Morgan fingerprint density at radius 2 is 1.89 bits per heavy atom. The fraction of sp³-hybridized carbons (Fsp3) is 0.200. The fourth-order valence-corrected chi connectivity index (χ4v) is 1.87. The van der Waals surface area contributed by atoms with E-state index in [0.717, 1.165) is 22.6 Å². The summed E-state index contributed by atoms with van der Waals surface area (Å²) in [5.41, 5.74) is 9.39. The standard InChI is InChI=1S/C15H16N2OS/c1-9-4-5-10(2)13(8-9)18-15-12(14(16)19)7-6-11(3)17-15/h4-8H,1-3H3,(H2,16,19). The monoisotopic (exact) mass is 272 g/mol. The number of aromatic nitrogens is 1. The zero-order valence-corrected chi connectivity index (χ0v) is 12.0. The highest BCUT2D eigenvalue weighted by Gasteiger charge is 2.11. The lowest BCUT2D eigenvalue weighted by Gasteiger charge is -2.12. The van der Waals surface area contributed by atoms with E-state index >= 15 is 0 Å². The van der Waals surface area contributed by atoms with Crippen LogP contribution in [-0.2, 0) is 0 Å². The second kappa shape index (κ2) is 5.36. The van der Waals surface area contributed by atoms with Gasteiger partial charge in [-0.3, -0.25) is 0 Å². The van der Waals surface area contributed by atoms with Gasteiger partial charge in [-0.25, -0.2) is 4.98 Å². The molecule has 0 saturated carbocycles. The molecule has 4 heteroatoms. The third kappa shape index (κ3) is 3.09. The van der Waals surface area contributed by atoms with E-state index in [9.17, 15) is 0 Å². The van der Waals surface area contributed by atoms with Crippen molar-refractivity contribution in [3.8, 4) is 11.6 Å². The molecule has 1 aromatic heterocycles. The van der Waals surface area contributed by atoms with Gasteiger partial charge in [0.05, 0.1) is 5.56 Å². The molecule has 0 spiro atoms. The molecule has 2 rings (SSSR count). The Hall–Kier alpha value is -1.94. The Balaban J connectivity index is 2.45. The molecule has 0 atom stereocenters. The Kier molecular flexibility index (Phi) is 3.81. The number of nitrogens with two attached hydrogens (primary N) is 1. The third-order valence-corrected chi connectivity index (χ3v) is 3.04. The number of nitrogens with zero attached hydrogens (tertiary/aromatic N) is 1. The van der Waals surface area contributed by atoms with Gasteiger partial charge in [0, 0.05) is 5.69 Å². The summed E-state index contributed by atoms with van der Waals surface area (Å²) in [6.07, 6.45) is 0. The Morgan fingerprint density at radius 3 is 2.58 bits per heavy atom. The quantitative estimate of drug-likeness (QED) is 0.870. The SMILES string of the molecule is Cc1ccc(C)c(Oc2nc(C)ccc2C(N)=S)c1. The molecule has 0 saturated heterocycles. The number of rotatable bonds is 3. The molecule has 0 amide bonds. The topological polar surface area (TPSA) is 48.1 Å². The lowest BCUT2D eigenvalue weighted by atomic mass is 10.1. The number of hydrogen-bond acceptors (Lipinski definition) is 3. The zero-order valence-electron chi connectivity index (χ0n) is 11.2. The largest absolute Gasteiger partial charge is 0.438 e. The summed E-state index contributed by atoms with van der Waals surface area (Å²) in [7, 11) is 0. The first-order valence-corrected chi connectivity index (χ1v) is 6.41. The summed E-state index contributed by atoms with van der Waals surface area (Å²) in [5.74, 6) is 1.23. The minimum atomic E-state index is 0.285. The van der Waals surface area contributed by atoms with E-state index in [2.05, 4.69) is 4.98 Å². The van der Waals surface area contributed by atoms with Gasteiger partial charge in [0.1, 0.15) is 10.7 Å². The Morgan fingerprint density at radius 1 is 1.16 bits per heavy atom. The summed E-state index contributed by atoms with van der Waals surface area (Å²) < 4.78 is 5.88. The number of benzene rings is 1. The summed E-state index contributed by atoms with van der Waals surface area (Å²) in [5, 5.41) is 0. The first kappa shape index (κ1) is 13.5. The van der Waals surface area contributed by atoms with Crippen LogP contribution in [0.2, 0.25) is 0 Å². The molecular weight excluding hydrogens is 256 g/mol. The average Bonchev–Trinajstić information content (AvgIpc) is 2.33. The fourth-order valence-electron chi connectivity index (χ4n) is 1.72. The first-order chi connectivity index (χ1) is 8.97. The normalized spacial score (nSPS) is 10.3. The van der Waals surface area contributed by atoms with Crippen LogP contribution in [0.4, 0.5) is 0 Å². The van der Waals surface area contributed by atoms with E-state index in [-0.39, 0.29) is 4.99 Å². The number of pyridine rings is 1. The minimum absolute atomic E-state index is 0.285. The van der Waals surface area contributed by atoms with E-state index in [1.807, 2.05) is 51.1 Å². The number of aryl methyl sites for hydroxylation is 3. The second-order valence-electron chi connectivity index (χ2n) is 4.54. The van der Waals surface area contributed by atoms with Crippen molar-refractivity contribution in [2.45, 2.75) is 20.8 Å². The molecule has 1 heterocycles. The van der Waals surface area contributed by atoms with Gasteiger partial charge in [0.15, 0.2) is 0 Å². The molecule has 0 radical (unpaired) electrons. The van der Waals surface area contributed by atoms with E-state index in [1.165, 1.54) is 0 Å². The van der Waals surface area contributed by atoms with Crippen molar-refractivity contribution in [2.75, 3.05) is 0 Å². The van der Waals surface area contributed by atoms with Gasteiger partial charge in [-0.2, -0.15) is 0 Å². The van der Waals surface area contributed by atoms with Crippen molar-refractivity contribution in [2.24, 2.45) is 5.73 Å². The van der Waals surface area contributed by atoms with Gasteiger partial charge in [-0.15, -0.1) is 0 Å². The zero-order chi connectivity index (χ0) is 14.0. The molecule has 0 aliphatic heterocycles. The molecule has 0 unspecified atom stereocenters. The van der Waals surface area contributed by atoms with Crippen LogP contribution in [0, 0.1) is 20.8 Å². The molecule has 2 N–H and O–H groups in total. The summed E-state index contributed by atoms with van der Waals surface area (Å²) >= 11 is 5.03. The van der Waals surface area contributed by atoms with E-state index in [0.29, 0.717) is 11.4 Å². The van der Waals surface area contributed by atoms with Crippen LogP contribution in [0.1, 0.15) is 22.4 Å². The van der Waals surface area contributed by atoms with Gasteiger partial charge in [0.2, 0.25) is 5.88 Å². The van der Waals surface area contributed by atoms with Gasteiger partial charge >= 0.3 is 0 Å². The van der Waals surface area contributed by atoms with Crippen molar-refractivity contribution in [3.05, 3.63) is 52.7 Å². The molecule has 19 heavy (non-hydrogen) atoms. The predicted octanol–water partition coefficient (Wildman–Crippen LogP) is 3.43.